The molecule has 1 aliphatic rings. The van der Waals surface area contributed by atoms with Gasteiger partial charge in [0, 0.05) is 6.54 Å². The second-order valence-corrected chi connectivity index (χ2v) is 8.51. The van der Waals surface area contributed by atoms with E-state index in [4.69, 9.17) is 13.9 Å². The molecule has 0 aliphatic carbocycles. The van der Waals surface area contributed by atoms with Crippen LogP contribution in [0.2, 0.25) is 0 Å². The van der Waals surface area contributed by atoms with Crippen LogP contribution in [0.3, 0.4) is 0 Å². The fraction of sp³-hybridized carbons (Fsp3) is 0.172. The molecule has 0 fully saturated rings. The van der Waals surface area contributed by atoms with Crippen LogP contribution in [0.5, 0.6) is 11.5 Å². The molecule has 3 aromatic carbocycles. The molecule has 176 valence electrons. The lowest BCUT2D eigenvalue weighted by Gasteiger charge is -2.24. The zero-order valence-corrected chi connectivity index (χ0v) is 19.6. The van der Waals surface area contributed by atoms with Crippen molar-refractivity contribution >= 4 is 16.9 Å². The maximum atomic E-state index is 13.6. The van der Waals surface area contributed by atoms with Crippen molar-refractivity contribution < 1.29 is 18.7 Å². The first kappa shape index (κ1) is 22.5. The third-order valence-corrected chi connectivity index (χ3v) is 6.19. The van der Waals surface area contributed by atoms with E-state index in [1.807, 2.05) is 55.5 Å². The number of nitrogens with zero attached hydrogens (tertiary/aromatic N) is 1. The van der Waals surface area contributed by atoms with Crippen LogP contribution in [-0.4, -0.2) is 24.5 Å². The molecular formula is C29H25NO5. The Bertz CT molecular complexity index is 1490. The lowest BCUT2D eigenvalue weighted by Crippen LogP contribution is -2.29. The smallest absolute Gasteiger partial charge is 0.291 e. The monoisotopic (exact) mass is 467 g/mol. The van der Waals surface area contributed by atoms with Crippen LogP contribution >= 0.6 is 0 Å². The number of benzene rings is 3. The molecule has 5 rings (SSSR count). The normalized spacial score (nSPS) is 14.7. The molecule has 0 bridgehead atoms. The molecule has 1 atom stereocenters. The average molecular weight is 468 g/mol. The molecule has 0 unspecified atom stereocenters. The van der Waals surface area contributed by atoms with Crippen LogP contribution in [-0.2, 0) is 6.61 Å². The van der Waals surface area contributed by atoms with Gasteiger partial charge in [0.2, 0.25) is 5.76 Å². The highest BCUT2D eigenvalue weighted by Crippen LogP contribution is 2.41. The molecule has 4 aromatic rings. The summed E-state index contributed by atoms with van der Waals surface area (Å²) in [5.74, 6) is 0.814. The number of ether oxygens (including phenoxy) is 2. The minimum atomic E-state index is -0.631. The number of hydrogen-bond donors (Lipinski definition) is 0. The van der Waals surface area contributed by atoms with E-state index in [0.717, 1.165) is 16.7 Å². The summed E-state index contributed by atoms with van der Waals surface area (Å²) in [4.78, 5) is 28.5. The summed E-state index contributed by atoms with van der Waals surface area (Å²) in [5, 5.41) is 0.455. The van der Waals surface area contributed by atoms with Gasteiger partial charge < -0.3 is 18.8 Å². The molecule has 6 nitrogen and oxygen atoms in total. The number of hydrogen-bond acceptors (Lipinski definition) is 5. The fourth-order valence-electron chi connectivity index (χ4n) is 4.52. The Morgan fingerprint density at radius 3 is 2.57 bits per heavy atom. The van der Waals surface area contributed by atoms with Gasteiger partial charge in [0.15, 0.2) is 16.9 Å². The van der Waals surface area contributed by atoms with Crippen LogP contribution in [0.15, 0.2) is 88.6 Å². The molecular weight excluding hydrogens is 442 g/mol. The topological polar surface area (TPSA) is 69.0 Å². The van der Waals surface area contributed by atoms with Crippen molar-refractivity contribution in [2.75, 3.05) is 13.7 Å². The van der Waals surface area contributed by atoms with E-state index < -0.39 is 6.04 Å². The molecule has 1 amide bonds. The van der Waals surface area contributed by atoms with Gasteiger partial charge in [-0.1, -0.05) is 54.1 Å². The molecule has 1 aromatic heterocycles. The molecule has 1 aliphatic heterocycles. The number of carbonyl (C=O) groups excluding carboxylic acids is 1. The zero-order chi connectivity index (χ0) is 24.5. The second kappa shape index (κ2) is 9.14. The zero-order valence-electron chi connectivity index (χ0n) is 19.6. The van der Waals surface area contributed by atoms with E-state index in [1.165, 1.54) is 0 Å². The van der Waals surface area contributed by atoms with Crippen molar-refractivity contribution in [1.82, 2.24) is 4.90 Å². The Kier molecular flexibility index (Phi) is 5.87. The summed E-state index contributed by atoms with van der Waals surface area (Å²) in [6.45, 7) is 6.36. The number of methoxy groups -OCH3 is 1. The van der Waals surface area contributed by atoms with Crippen molar-refractivity contribution in [2.45, 2.75) is 19.6 Å². The highest BCUT2D eigenvalue weighted by atomic mass is 16.5. The largest absolute Gasteiger partial charge is 0.493 e. The van der Waals surface area contributed by atoms with Gasteiger partial charge in [-0.05, 0) is 42.3 Å². The first-order valence-corrected chi connectivity index (χ1v) is 11.4. The maximum Gasteiger partial charge on any atom is 0.291 e. The van der Waals surface area contributed by atoms with Crippen molar-refractivity contribution in [3.05, 3.63) is 118 Å². The van der Waals surface area contributed by atoms with Gasteiger partial charge in [-0.2, -0.15) is 0 Å². The molecule has 0 saturated heterocycles. The molecule has 35 heavy (non-hydrogen) atoms. The van der Waals surface area contributed by atoms with E-state index >= 15 is 0 Å². The SMILES string of the molecule is C=CCN1C(=O)c2oc3ccc(C)cc3c(=O)c2[C@@H]1c1ccc(OCc2ccccc2)c(OC)c1. The van der Waals surface area contributed by atoms with Crippen LogP contribution in [0.1, 0.15) is 38.9 Å². The standard InChI is InChI=1S/C29H25NO5/c1-4-14-30-26(25-27(31)21-15-18(2)10-12-22(21)35-28(25)29(30)32)20-11-13-23(24(16-20)33-3)34-17-19-8-6-5-7-9-19/h4-13,15-16,26H,1,14,17H2,2-3H3/t26-/m0/s1. The summed E-state index contributed by atoms with van der Waals surface area (Å²) >= 11 is 0. The Balaban J connectivity index is 1.59. The van der Waals surface area contributed by atoms with Gasteiger partial charge >= 0.3 is 0 Å². The van der Waals surface area contributed by atoms with Crippen LogP contribution < -0.4 is 14.9 Å². The molecule has 0 spiro atoms. The number of aryl methyl sites for hydroxylation is 1. The van der Waals surface area contributed by atoms with E-state index in [1.54, 1.807) is 36.3 Å². The summed E-state index contributed by atoms with van der Waals surface area (Å²) < 4.78 is 17.6. The van der Waals surface area contributed by atoms with Gasteiger partial charge in [0.25, 0.3) is 5.91 Å². The summed E-state index contributed by atoms with van der Waals surface area (Å²) in [7, 11) is 1.56. The predicted octanol–water partition coefficient (Wildman–Crippen LogP) is 5.42. The van der Waals surface area contributed by atoms with E-state index in [-0.39, 0.29) is 23.6 Å². The number of fused-ring (bicyclic) bond motifs is 2. The van der Waals surface area contributed by atoms with Crippen LogP contribution in [0.25, 0.3) is 11.0 Å². The third kappa shape index (κ3) is 3.97. The molecule has 0 saturated carbocycles. The van der Waals surface area contributed by atoms with Gasteiger partial charge in [-0.25, -0.2) is 0 Å². The summed E-state index contributed by atoms with van der Waals surface area (Å²) in [6.07, 6.45) is 1.64. The van der Waals surface area contributed by atoms with Crippen molar-refractivity contribution in [2.24, 2.45) is 0 Å². The molecule has 0 N–H and O–H groups in total. The molecule has 6 heteroatoms. The maximum absolute atomic E-state index is 13.6. The Morgan fingerprint density at radius 2 is 1.83 bits per heavy atom. The van der Waals surface area contributed by atoms with E-state index in [0.29, 0.717) is 34.6 Å². The quantitative estimate of drug-likeness (QED) is 0.340. The molecule has 2 heterocycles. The predicted molar refractivity (Wildman–Crippen MR) is 134 cm³/mol. The average Bonchev–Trinajstić information content (AvgIpc) is 3.15. The summed E-state index contributed by atoms with van der Waals surface area (Å²) in [6, 6.07) is 20.1. The summed E-state index contributed by atoms with van der Waals surface area (Å²) in [5.41, 5.74) is 3.21. The first-order valence-electron chi connectivity index (χ1n) is 11.4. The van der Waals surface area contributed by atoms with Crippen LogP contribution in [0, 0.1) is 6.92 Å². The lowest BCUT2D eigenvalue weighted by atomic mass is 9.97. The number of amides is 1. The van der Waals surface area contributed by atoms with Crippen molar-refractivity contribution in [1.29, 1.82) is 0 Å². The highest BCUT2D eigenvalue weighted by Gasteiger charge is 2.42. The van der Waals surface area contributed by atoms with Crippen LogP contribution in [0.4, 0.5) is 0 Å². The Labute approximate surface area is 203 Å². The van der Waals surface area contributed by atoms with Gasteiger partial charge in [-0.15, -0.1) is 6.58 Å². The highest BCUT2D eigenvalue weighted by molar-refractivity contribution is 5.99. The minimum Gasteiger partial charge on any atom is -0.493 e. The number of carbonyl (C=O) groups is 1. The van der Waals surface area contributed by atoms with Crippen molar-refractivity contribution in [3.8, 4) is 11.5 Å². The van der Waals surface area contributed by atoms with E-state index in [2.05, 4.69) is 6.58 Å². The lowest BCUT2D eigenvalue weighted by molar-refractivity contribution is 0.0748. The van der Waals surface area contributed by atoms with Gasteiger partial charge in [-0.3, -0.25) is 9.59 Å². The first-order chi connectivity index (χ1) is 17.0. The second-order valence-electron chi connectivity index (χ2n) is 8.51. The van der Waals surface area contributed by atoms with Crippen molar-refractivity contribution in [3.63, 3.8) is 0 Å². The van der Waals surface area contributed by atoms with Gasteiger partial charge in [0.05, 0.1) is 24.1 Å². The Hall–Kier alpha value is -4.32. The van der Waals surface area contributed by atoms with E-state index in [9.17, 15) is 9.59 Å². The minimum absolute atomic E-state index is 0.0709. The van der Waals surface area contributed by atoms with Gasteiger partial charge in [0.1, 0.15) is 12.2 Å². The third-order valence-electron chi connectivity index (χ3n) is 6.19. The Morgan fingerprint density at radius 1 is 1.03 bits per heavy atom. The fourth-order valence-corrected chi connectivity index (χ4v) is 4.52. The number of rotatable bonds is 7. The molecule has 0 radical (unpaired) electrons.